The lowest BCUT2D eigenvalue weighted by Gasteiger charge is -2.42. The fourth-order valence-corrected chi connectivity index (χ4v) is 5.56. The Bertz CT molecular complexity index is 1190. The largest absolute Gasteiger partial charge is 0.497 e. The Kier molecular flexibility index (Phi) is 8.58. The summed E-state index contributed by atoms with van der Waals surface area (Å²) < 4.78 is 16.3. The van der Waals surface area contributed by atoms with Crippen LogP contribution >= 0.6 is 11.3 Å². The Labute approximate surface area is 226 Å². The summed E-state index contributed by atoms with van der Waals surface area (Å²) in [4.78, 5) is 45.6. The Balaban J connectivity index is 1.66. The number of thiophene rings is 1. The first kappa shape index (κ1) is 27.5. The molecule has 1 N–H and O–H groups in total. The van der Waals surface area contributed by atoms with Gasteiger partial charge in [0.2, 0.25) is 0 Å². The molecule has 38 heavy (non-hydrogen) atoms. The highest BCUT2D eigenvalue weighted by Gasteiger charge is 2.39. The van der Waals surface area contributed by atoms with Gasteiger partial charge in [-0.05, 0) is 43.0 Å². The number of likely N-dealkylation sites (N-methyl/N-ethyl adjacent to an activating group) is 1. The predicted octanol–water partition coefficient (Wildman–Crippen LogP) is 3.13. The number of rotatable bonds is 8. The molecular weight excluding hydrogens is 508 g/mol. The predicted molar refractivity (Wildman–Crippen MR) is 143 cm³/mol. The average molecular weight is 543 g/mol. The van der Waals surface area contributed by atoms with Crippen LogP contribution in [0, 0.1) is 0 Å². The minimum Gasteiger partial charge on any atom is -0.497 e. The maximum atomic E-state index is 13.3. The number of amides is 3. The molecule has 0 spiro atoms. The van der Waals surface area contributed by atoms with Crippen molar-refractivity contribution in [1.82, 2.24) is 20.0 Å². The van der Waals surface area contributed by atoms with E-state index in [1.807, 2.05) is 29.3 Å². The molecule has 4 rings (SSSR count). The SMILES string of the molecule is CCOC(=O)C1=C(CN2CCN(C(=O)c3cccs3)C(C)C2)N(C)C(=O)NC1c1cc(OC)cc(OC)c1. The van der Waals surface area contributed by atoms with Crippen LogP contribution in [0.1, 0.15) is 35.1 Å². The average Bonchev–Trinajstić information content (AvgIpc) is 3.46. The van der Waals surface area contributed by atoms with E-state index in [1.165, 1.54) is 16.2 Å². The van der Waals surface area contributed by atoms with Crippen molar-refractivity contribution in [2.24, 2.45) is 0 Å². The molecule has 0 saturated carbocycles. The first-order chi connectivity index (χ1) is 18.3. The second-order valence-corrected chi connectivity index (χ2v) is 10.2. The smallest absolute Gasteiger partial charge is 0.338 e. The highest BCUT2D eigenvalue weighted by atomic mass is 32.1. The Hall–Kier alpha value is -3.57. The summed E-state index contributed by atoms with van der Waals surface area (Å²) in [5, 5.41) is 4.83. The standard InChI is InChI=1S/C27H34N4O6S/c1-6-37-26(33)23-21(16-30-9-10-31(17(2)15-30)25(32)22-8-7-11-38-22)29(3)27(34)28-24(23)18-12-19(35-4)14-20(13-18)36-5/h7-8,11-14,17,24H,6,9-10,15-16H2,1-5H3,(H,28,34). The molecule has 1 fully saturated rings. The van der Waals surface area contributed by atoms with E-state index in [0.29, 0.717) is 54.5 Å². The molecule has 2 aliphatic heterocycles. The Morgan fingerprint density at radius 1 is 1.13 bits per heavy atom. The molecule has 1 saturated heterocycles. The summed E-state index contributed by atoms with van der Waals surface area (Å²) in [5.74, 6) is 0.607. The van der Waals surface area contributed by atoms with Crippen molar-refractivity contribution in [3.63, 3.8) is 0 Å². The third-order valence-corrected chi connectivity index (χ3v) is 7.72. The van der Waals surface area contributed by atoms with E-state index in [9.17, 15) is 14.4 Å². The Morgan fingerprint density at radius 3 is 2.42 bits per heavy atom. The van der Waals surface area contributed by atoms with Gasteiger partial charge in [0.05, 0.1) is 37.3 Å². The minimum absolute atomic E-state index is 0.0276. The number of nitrogens with zero attached hydrogens (tertiary/aromatic N) is 3. The molecular formula is C27H34N4O6S. The van der Waals surface area contributed by atoms with Crippen molar-refractivity contribution >= 4 is 29.2 Å². The summed E-state index contributed by atoms with van der Waals surface area (Å²) in [6, 6.07) is 7.86. The maximum absolute atomic E-state index is 13.3. The first-order valence-corrected chi connectivity index (χ1v) is 13.4. The number of esters is 1. The van der Waals surface area contributed by atoms with Gasteiger partial charge in [-0.1, -0.05) is 6.07 Å². The summed E-state index contributed by atoms with van der Waals surface area (Å²) in [7, 11) is 4.74. The number of hydrogen-bond acceptors (Lipinski definition) is 8. The molecule has 204 valence electrons. The quantitative estimate of drug-likeness (QED) is 0.512. The lowest BCUT2D eigenvalue weighted by Crippen LogP contribution is -2.56. The summed E-state index contributed by atoms with van der Waals surface area (Å²) in [6.45, 7) is 6.06. The molecule has 2 atom stereocenters. The van der Waals surface area contributed by atoms with Crippen LogP contribution in [-0.2, 0) is 9.53 Å². The highest BCUT2D eigenvalue weighted by Crippen LogP contribution is 2.35. The third-order valence-electron chi connectivity index (χ3n) is 6.86. The zero-order chi connectivity index (χ0) is 27.4. The van der Waals surface area contributed by atoms with E-state index >= 15 is 0 Å². The number of ether oxygens (including phenoxy) is 3. The van der Waals surface area contributed by atoms with Crippen LogP contribution in [0.15, 0.2) is 47.0 Å². The molecule has 0 radical (unpaired) electrons. The third kappa shape index (κ3) is 5.63. The number of benzene rings is 1. The van der Waals surface area contributed by atoms with Crippen molar-refractivity contribution in [1.29, 1.82) is 0 Å². The number of urea groups is 1. The first-order valence-electron chi connectivity index (χ1n) is 12.5. The van der Waals surface area contributed by atoms with E-state index in [0.717, 1.165) is 4.88 Å². The van der Waals surface area contributed by atoms with Gasteiger partial charge in [0.1, 0.15) is 11.5 Å². The van der Waals surface area contributed by atoms with Gasteiger partial charge in [0.15, 0.2) is 0 Å². The molecule has 2 aliphatic rings. The molecule has 3 heterocycles. The molecule has 2 unspecified atom stereocenters. The van der Waals surface area contributed by atoms with E-state index < -0.39 is 12.0 Å². The van der Waals surface area contributed by atoms with Gasteiger partial charge < -0.3 is 24.4 Å². The molecule has 2 aromatic rings. The fraction of sp³-hybridized carbons (Fsp3) is 0.444. The summed E-state index contributed by atoms with van der Waals surface area (Å²) in [6.07, 6.45) is 0. The monoisotopic (exact) mass is 542 g/mol. The minimum atomic E-state index is -0.754. The van der Waals surface area contributed by atoms with E-state index in [-0.39, 0.29) is 24.6 Å². The lowest BCUT2D eigenvalue weighted by molar-refractivity contribution is -0.139. The zero-order valence-corrected chi connectivity index (χ0v) is 23.2. The molecule has 0 bridgehead atoms. The molecule has 1 aromatic carbocycles. The molecule has 11 heteroatoms. The summed E-state index contributed by atoms with van der Waals surface area (Å²) >= 11 is 1.44. The second-order valence-electron chi connectivity index (χ2n) is 9.23. The van der Waals surface area contributed by atoms with E-state index in [2.05, 4.69) is 10.2 Å². The van der Waals surface area contributed by atoms with Crippen LogP contribution < -0.4 is 14.8 Å². The zero-order valence-electron chi connectivity index (χ0n) is 22.4. The van der Waals surface area contributed by atoms with Crippen molar-refractivity contribution in [2.45, 2.75) is 25.9 Å². The van der Waals surface area contributed by atoms with Crippen molar-refractivity contribution in [3.05, 3.63) is 57.4 Å². The molecule has 1 aromatic heterocycles. The van der Waals surface area contributed by atoms with Crippen LogP contribution in [-0.4, -0.2) is 92.7 Å². The van der Waals surface area contributed by atoms with Crippen molar-refractivity contribution < 1.29 is 28.6 Å². The van der Waals surface area contributed by atoms with Gasteiger partial charge in [0, 0.05) is 51.0 Å². The molecule has 10 nitrogen and oxygen atoms in total. The van der Waals surface area contributed by atoms with E-state index in [1.54, 1.807) is 46.4 Å². The van der Waals surface area contributed by atoms with Crippen LogP contribution in [0.2, 0.25) is 0 Å². The Morgan fingerprint density at radius 2 is 1.84 bits per heavy atom. The van der Waals surface area contributed by atoms with Crippen molar-refractivity contribution in [2.75, 3.05) is 54.1 Å². The lowest BCUT2D eigenvalue weighted by atomic mass is 9.93. The topological polar surface area (TPSA) is 101 Å². The summed E-state index contributed by atoms with van der Waals surface area (Å²) in [5.41, 5.74) is 1.56. The number of methoxy groups -OCH3 is 2. The van der Waals surface area contributed by atoms with Gasteiger partial charge in [-0.3, -0.25) is 14.6 Å². The number of carbonyl (C=O) groups is 3. The van der Waals surface area contributed by atoms with Crippen LogP contribution in [0.5, 0.6) is 11.5 Å². The van der Waals surface area contributed by atoms with Crippen LogP contribution in [0.25, 0.3) is 0 Å². The van der Waals surface area contributed by atoms with Crippen LogP contribution in [0.3, 0.4) is 0 Å². The maximum Gasteiger partial charge on any atom is 0.338 e. The van der Waals surface area contributed by atoms with Gasteiger partial charge in [-0.15, -0.1) is 11.3 Å². The molecule has 0 aliphatic carbocycles. The van der Waals surface area contributed by atoms with E-state index in [4.69, 9.17) is 14.2 Å². The fourth-order valence-electron chi connectivity index (χ4n) is 4.88. The van der Waals surface area contributed by atoms with Gasteiger partial charge in [0.25, 0.3) is 5.91 Å². The number of hydrogen-bond donors (Lipinski definition) is 1. The number of carbonyl (C=O) groups excluding carboxylic acids is 3. The number of piperazine rings is 1. The van der Waals surface area contributed by atoms with Gasteiger partial charge in [-0.2, -0.15) is 0 Å². The molecule has 3 amide bonds. The second kappa shape index (κ2) is 11.9. The van der Waals surface area contributed by atoms with Gasteiger partial charge >= 0.3 is 12.0 Å². The van der Waals surface area contributed by atoms with Crippen molar-refractivity contribution in [3.8, 4) is 11.5 Å². The normalized spacial score (nSPS) is 20.3. The highest BCUT2D eigenvalue weighted by molar-refractivity contribution is 7.12. The van der Waals surface area contributed by atoms with Crippen LogP contribution in [0.4, 0.5) is 4.79 Å². The van der Waals surface area contributed by atoms with Gasteiger partial charge in [-0.25, -0.2) is 9.59 Å². The number of nitrogens with one attached hydrogen (secondary N) is 1.